The van der Waals surface area contributed by atoms with E-state index < -0.39 is 28.5 Å². The molecular weight excluding hydrogens is 452 g/mol. The minimum absolute atomic E-state index is 0.00673. The Balaban J connectivity index is 1.54. The Kier molecular flexibility index (Phi) is 7.70. The third kappa shape index (κ3) is 6.34. The van der Waals surface area contributed by atoms with E-state index in [0.29, 0.717) is 22.9 Å². The van der Waals surface area contributed by atoms with Crippen molar-refractivity contribution < 1.29 is 36.6 Å². The van der Waals surface area contributed by atoms with Crippen molar-refractivity contribution in [2.75, 3.05) is 26.1 Å². The van der Waals surface area contributed by atoms with Gasteiger partial charge in [-0.3, -0.25) is 4.79 Å². The van der Waals surface area contributed by atoms with Crippen LogP contribution in [0.4, 0.5) is 5.69 Å². The molecule has 0 radical (unpaired) electrons. The van der Waals surface area contributed by atoms with Gasteiger partial charge >= 0.3 is 5.97 Å². The summed E-state index contributed by atoms with van der Waals surface area (Å²) in [4.78, 5) is 24.4. The van der Waals surface area contributed by atoms with Gasteiger partial charge in [-0.15, -0.1) is 0 Å². The second-order valence-corrected chi connectivity index (χ2v) is 8.39. The molecule has 1 heterocycles. The first-order valence-electron chi connectivity index (χ1n) is 9.63. The summed E-state index contributed by atoms with van der Waals surface area (Å²) in [6.07, 6.45) is 1.44. The van der Waals surface area contributed by atoms with E-state index >= 15 is 0 Å². The molecular formula is C22H22N2O8S. The van der Waals surface area contributed by atoms with Crippen LogP contribution in [0, 0.1) is 0 Å². The number of furan rings is 1. The SMILES string of the molecule is COc1ccc(NC(=O)COC(=O)c2ccc(S(=O)(=O)NCc3ccco3)cc2)c(OC)c1. The van der Waals surface area contributed by atoms with Gasteiger partial charge in [0.2, 0.25) is 10.0 Å². The average Bonchev–Trinajstić information content (AvgIpc) is 3.35. The fourth-order valence-electron chi connectivity index (χ4n) is 2.74. The van der Waals surface area contributed by atoms with E-state index in [-0.39, 0.29) is 17.0 Å². The summed E-state index contributed by atoms with van der Waals surface area (Å²) in [6.45, 7) is -0.550. The summed E-state index contributed by atoms with van der Waals surface area (Å²) in [6, 6.07) is 13.3. The van der Waals surface area contributed by atoms with Gasteiger partial charge in [-0.05, 0) is 48.5 Å². The number of benzene rings is 2. The summed E-state index contributed by atoms with van der Waals surface area (Å²) in [7, 11) is -0.847. The number of amides is 1. The molecule has 1 aromatic heterocycles. The Bertz CT molecular complexity index is 1210. The summed E-state index contributed by atoms with van der Waals surface area (Å²) in [5.41, 5.74) is 0.478. The van der Waals surface area contributed by atoms with Crippen molar-refractivity contribution in [2.45, 2.75) is 11.4 Å². The van der Waals surface area contributed by atoms with Gasteiger partial charge in [0.05, 0.1) is 43.2 Å². The highest BCUT2D eigenvalue weighted by atomic mass is 32.2. The topological polar surface area (TPSA) is 133 Å². The zero-order valence-electron chi connectivity index (χ0n) is 17.9. The lowest BCUT2D eigenvalue weighted by Gasteiger charge is -2.12. The van der Waals surface area contributed by atoms with Crippen LogP contribution in [-0.4, -0.2) is 41.1 Å². The Hall–Kier alpha value is -3.83. The molecule has 0 aliphatic rings. The first-order valence-corrected chi connectivity index (χ1v) is 11.1. The lowest BCUT2D eigenvalue weighted by atomic mass is 10.2. The number of rotatable bonds is 10. The van der Waals surface area contributed by atoms with E-state index in [1.807, 2.05) is 0 Å². The molecule has 0 saturated carbocycles. The maximum absolute atomic E-state index is 12.3. The van der Waals surface area contributed by atoms with Crippen molar-refractivity contribution in [1.29, 1.82) is 0 Å². The van der Waals surface area contributed by atoms with Crippen LogP contribution >= 0.6 is 0 Å². The molecule has 0 atom stereocenters. The van der Waals surface area contributed by atoms with E-state index in [1.165, 1.54) is 44.7 Å². The molecule has 11 heteroatoms. The Labute approximate surface area is 190 Å². The molecule has 0 aliphatic carbocycles. The van der Waals surface area contributed by atoms with Gasteiger partial charge in [0.1, 0.15) is 17.3 Å². The van der Waals surface area contributed by atoms with Crippen LogP contribution in [0.5, 0.6) is 11.5 Å². The monoisotopic (exact) mass is 474 g/mol. The second-order valence-electron chi connectivity index (χ2n) is 6.62. The third-order valence-corrected chi connectivity index (χ3v) is 5.85. The second kappa shape index (κ2) is 10.7. The Morgan fingerprint density at radius 3 is 2.39 bits per heavy atom. The van der Waals surface area contributed by atoms with Crippen LogP contribution < -0.4 is 19.5 Å². The molecule has 33 heavy (non-hydrogen) atoms. The number of carbonyl (C=O) groups is 2. The van der Waals surface area contributed by atoms with Gasteiger partial charge in [-0.1, -0.05) is 0 Å². The number of methoxy groups -OCH3 is 2. The van der Waals surface area contributed by atoms with E-state index in [9.17, 15) is 18.0 Å². The predicted molar refractivity (Wildman–Crippen MR) is 118 cm³/mol. The largest absolute Gasteiger partial charge is 0.497 e. The summed E-state index contributed by atoms with van der Waals surface area (Å²) >= 11 is 0. The van der Waals surface area contributed by atoms with Crippen molar-refractivity contribution in [3.8, 4) is 11.5 Å². The molecule has 0 fully saturated rings. The number of carbonyl (C=O) groups excluding carboxylic acids is 2. The molecule has 0 unspecified atom stereocenters. The molecule has 10 nitrogen and oxygen atoms in total. The maximum atomic E-state index is 12.3. The zero-order chi connectivity index (χ0) is 23.8. The highest BCUT2D eigenvalue weighted by molar-refractivity contribution is 7.89. The minimum Gasteiger partial charge on any atom is -0.497 e. The van der Waals surface area contributed by atoms with E-state index in [2.05, 4.69) is 10.0 Å². The molecule has 3 rings (SSSR count). The highest BCUT2D eigenvalue weighted by Gasteiger charge is 2.17. The lowest BCUT2D eigenvalue weighted by molar-refractivity contribution is -0.119. The number of hydrogen-bond donors (Lipinski definition) is 2. The van der Waals surface area contributed by atoms with Gasteiger partial charge in [0, 0.05) is 6.07 Å². The highest BCUT2D eigenvalue weighted by Crippen LogP contribution is 2.28. The average molecular weight is 474 g/mol. The van der Waals surface area contributed by atoms with Crippen molar-refractivity contribution in [3.05, 3.63) is 72.2 Å². The summed E-state index contributed by atoms with van der Waals surface area (Å²) < 4.78 is 47.5. The first kappa shape index (κ1) is 23.8. The zero-order valence-corrected chi connectivity index (χ0v) is 18.7. The fraction of sp³-hybridized carbons (Fsp3) is 0.182. The summed E-state index contributed by atoms with van der Waals surface area (Å²) in [5, 5.41) is 2.58. The Morgan fingerprint density at radius 2 is 1.76 bits per heavy atom. The van der Waals surface area contributed by atoms with E-state index in [1.54, 1.807) is 30.3 Å². The molecule has 174 valence electrons. The van der Waals surface area contributed by atoms with Gasteiger partial charge < -0.3 is 23.9 Å². The summed E-state index contributed by atoms with van der Waals surface area (Å²) in [5.74, 6) is 0.0428. The molecule has 0 bridgehead atoms. The molecule has 2 N–H and O–H groups in total. The minimum atomic E-state index is -3.80. The van der Waals surface area contributed by atoms with Crippen LogP contribution in [0.15, 0.2) is 70.2 Å². The quantitative estimate of drug-likeness (QED) is 0.429. The van der Waals surface area contributed by atoms with E-state index in [0.717, 1.165) is 0 Å². The first-order chi connectivity index (χ1) is 15.8. The van der Waals surface area contributed by atoms with E-state index in [4.69, 9.17) is 18.6 Å². The van der Waals surface area contributed by atoms with Gasteiger partial charge in [0.15, 0.2) is 6.61 Å². The molecule has 0 aliphatic heterocycles. The van der Waals surface area contributed by atoms with Crippen LogP contribution in [0.1, 0.15) is 16.1 Å². The molecule has 3 aromatic rings. The van der Waals surface area contributed by atoms with Crippen LogP contribution in [0.3, 0.4) is 0 Å². The maximum Gasteiger partial charge on any atom is 0.338 e. The third-order valence-electron chi connectivity index (χ3n) is 4.43. The fourth-order valence-corrected chi connectivity index (χ4v) is 3.73. The van der Waals surface area contributed by atoms with Crippen LogP contribution in [-0.2, 0) is 26.1 Å². The van der Waals surface area contributed by atoms with Crippen molar-refractivity contribution in [2.24, 2.45) is 0 Å². The number of nitrogens with one attached hydrogen (secondary N) is 2. The van der Waals surface area contributed by atoms with Crippen molar-refractivity contribution in [3.63, 3.8) is 0 Å². The number of ether oxygens (including phenoxy) is 3. The predicted octanol–water partition coefficient (Wildman–Crippen LogP) is 2.57. The number of hydrogen-bond acceptors (Lipinski definition) is 8. The van der Waals surface area contributed by atoms with Crippen LogP contribution in [0.25, 0.3) is 0 Å². The number of esters is 1. The molecule has 2 aromatic carbocycles. The van der Waals surface area contributed by atoms with Crippen molar-refractivity contribution >= 4 is 27.6 Å². The van der Waals surface area contributed by atoms with Crippen molar-refractivity contribution in [1.82, 2.24) is 4.72 Å². The number of sulfonamides is 1. The van der Waals surface area contributed by atoms with Gasteiger partial charge in [-0.2, -0.15) is 0 Å². The Morgan fingerprint density at radius 1 is 1.00 bits per heavy atom. The molecule has 0 saturated heterocycles. The smallest absolute Gasteiger partial charge is 0.338 e. The van der Waals surface area contributed by atoms with Gasteiger partial charge in [-0.25, -0.2) is 17.9 Å². The normalized spacial score (nSPS) is 11.0. The number of anilines is 1. The lowest BCUT2D eigenvalue weighted by Crippen LogP contribution is -2.23. The standard InChI is InChI=1S/C22H22N2O8S/c1-29-16-7-10-19(20(12-16)30-2)24-21(25)14-32-22(26)15-5-8-18(9-6-15)33(27,28)23-13-17-4-3-11-31-17/h3-12,23H,13-14H2,1-2H3,(H,24,25). The van der Waals surface area contributed by atoms with Crippen LogP contribution in [0.2, 0.25) is 0 Å². The molecule has 0 spiro atoms. The molecule has 1 amide bonds. The van der Waals surface area contributed by atoms with Gasteiger partial charge in [0.25, 0.3) is 5.91 Å².